The lowest BCUT2D eigenvalue weighted by atomic mass is 10.2. The highest BCUT2D eigenvalue weighted by atomic mass is 35.5. The first-order chi connectivity index (χ1) is 11.9. The second kappa shape index (κ2) is 7.45. The third kappa shape index (κ3) is 4.14. The van der Waals surface area contributed by atoms with Crippen LogP contribution in [0.25, 0.3) is 0 Å². The Morgan fingerprint density at radius 1 is 1.32 bits per heavy atom. The molecule has 1 aliphatic rings. The van der Waals surface area contributed by atoms with Crippen molar-refractivity contribution < 1.29 is 9.53 Å². The number of rotatable bonds is 4. The lowest BCUT2D eigenvalue weighted by Gasteiger charge is -2.18. The van der Waals surface area contributed by atoms with Gasteiger partial charge in [-0.25, -0.2) is 0 Å². The van der Waals surface area contributed by atoms with Gasteiger partial charge in [0, 0.05) is 32.1 Å². The maximum Gasteiger partial charge on any atom is 0.255 e. The number of anilines is 1. The van der Waals surface area contributed by atoms with Gasteiger partial charge in [0.1, 0.15) is 6.10 Å². The summed E-state index contributed by atoms with van der Waals surface area (Å²) < 4.78 is 5.88. The van der Waals surface area contributed by atoms with Crippen LogP contribution < -0.4 is 9.64 Å². The molecule has 1 aromatic heterocycles. The maximum absolute atomic E-state index is 12.7. The largest absolute Gasteiger partial charge is 0.471 e. The number of carbonyl (C=O) groups excluding carboxylic acids is 1. The molecule has 6 nitrogen and oxygen atoms in total. The van der Waals surface area contributed by atoms with E-state index >= 15 is 0 Å². The molecule has 8 heteroatoms. The molecule has 1 aromatic carbocycles. The number of amides is 1. The van der Waals surface area contributed by atoms with Crippen molar-refractivity contribution in [3.63, 3.8) is 0 Å². The Bertz CT molecular complexity index is 785. The van der Waals surface area contributed by atoms with Crippen LogP contribution >= 0.6 is 23.2 Å². The van der Waals surface area contributed by atoms with Gasteiger partial charge < -0.3 is 14.5 Å². The molecule has 0 bridgehead atoms. The zero-order valence-corrected chi connectivity index (χ0v) is 15.5. The lowest BCUT2D eigenvalue weighted by Crippen LogP contribution is -2.31. The Morgan fingerprint density at radius 3 is 2.88 bits per heavy atom. The summed E-state index contributed by atoms with van der Waals surface area (Å²) in [6, 6.07) is 4.88. The highest BCUT2D eigenvalue weighted by Crippen LogP contribution is 2.25. The number of hydrogen-bond acceptors (Lipinski definition) is 5. The number of benzene rings is 1. The van der Waals surface area contributed by atoms with Crippen molar-refractivity contribution in [3.05, 3.63) is 46.2 Å². The van der Waals surface area contributed by atoms with E-state index in [0.29, 0.717) is 40.4 Å². The molecular formula is C17H18Cl2N4O2. The number of likely N-dealkylation sites (tertiary alicyclic amines) is 1. The fraction of sp³-hybridized carbons (Fsp3) is 0.353. The summed E-state index contributed by atoms with van der Waals surface area (Å²) in [6.45, 7) is 1.06. The molecule has 1 aliphatic heterocycles. The van der Waals surface area contributed by atoms with Crippen molar-refractivity contribution in [1.82, 2.24) is 14.9 Å². The van der Waals surface area contributed by atoms with Gasteiger partial charge in [-0.05, 0) is 18.2 Å². The van der Waals surface area contributed by atoms with Crippen LogP contribution in [0.1, 0.15) is 16.8 Å². The zero-order valence-electron chi connectivity index (χ0n) is 13.9. The predicted octanol–water partition coefficient (Wildman–Crippen LogP) is 3.14. The third-order valence-corrected chi connectivity index (χ3v) is 4.50. The normalized spacial score (nSPS) is 16.8. The monoisotopic (exact) mass is 380 g/mol. The fourth-order valence-electron chi connectivity index (χ4n) is 2.62. The van der Waals surface area contributed by atoms with Gasteiger partial charge in [0.2, 0.25) is 5.88 Å². The van der Waals surface area contributed by atoms with E-state index in [1.807, 2.05) is 19.0 Å². The fourth-order valence-corrected chi connectivity index (χ4v) is 2.99. The zero-order chi connectivity index (χ0) is 18.0. The molecule has 0 N–H and O–H groups in total. The number of aromatic nitrogens is 2. The van der Waals surface area contributed by atoms with E-state index in [2.05, 4.69) is 9.97 Å². The third-order valence-electron chi connectivity index (χ3n) is 3.94. The van der Waals surface area contributed by atoms with Crippen LogP contribution in [-0.4, -0.2) is 54.1 Å². The molecule has 3 rings (SSSR count). The summed E-state index contributed by atoms with van der Waals surface area (Å²) >= 11 is 12.1. The number of ether oxygens (including phenoxy) is 1. The number of nitrogens with zero attached hydrogens (tertiary/aromatic N) is 4. The van der Waals surface area contributed by atoms with Gasteiger partial charge in [-0.3, -0.25) is 9.78 Å². The lowest BCUT2D eigenvalue weighted by molar-refractivity contribution is 0.0771. The minimum Gasteiger partial charge on any atom is -0.471 e. The first-order valence-corrected chi connectivity index (χ1v) is 8.60. The molecule has 132 valence electrons. The second-order valence-electron chi connectivity index (χ2n) is 6.01. The van der Waals surface area contributed by atoms with Gasteiger partial charge in [-0.2, -0.15) is 4.98 Å². The number of halogens is 2. The van der Waals surface area contributed by atoms with E-state index in [1.165, 1.54) is 0 Å². The first-order valence-electron chi connectivity index (χ1n) is 7.84. The van der Waals surface area contributed by atoms with Crippen molar-refractivity contribution in [3.8, 4) is 5.88 Å². The minimum absolute atomic E-state index is 0.131. The topological polar surface area (TPSA) is 58.6 Å². The molecule has 0 aliphatic carbocycles. The van der Waals surface area contributed by atoms with E-state index in [9.17, 15) is 4.79 Å². The second-order valence-corrected chi connectivity index (χ2v) is 6.86. The Morgan fingerprint density at radius 2 is 2.12 bits per heavy atom. The molecule has 25 heavy (non-hydrogen) atoms. The number of hydrogen-bond donors (Lipinski definition) is 0. The molecule has 1 saturated heterocycles. The van der Waals surface area contributed by atoms with Crippen LogP contribution in [0.15, 0.2) is 30.6 Å². The van der Waals surface area contributed by atoms with Crippen LogP contribution in [0.3, 0.4) is 0 Å². The number of carbonyl (C=O) groups is 1. The molecular weight excluding hydrogens is 363 g/mol. The molecule has 1 atom stereocenters. The van der Waals surface area contributed by atoms with Crippen molar-refractivity contribution >= 4 is 34.9 Å². The van der Waals surface area contributed by atoms with E-state index < -0.39 is 0 Å². The van der Waals surface area contributed by atoms with Crippen molar-refractivity contribution in [2.24, 2.45) is 0 Å². The summed E-state index contributed by atoms with van der Waals surface area (Å²) in [5.41, 5.74) is 0.407. The summed E-state index contributed by atoms with van der Waals surface area (Å²) in [6.07, 6.45) is 3.83. The van der Waals surface area contributed by atoms with Crippen LogP contribution in [0.4, 0.5) is 5.82 Å². The predicted molar refractivity (Wildman–Crippen MR) is 97.8 cm³/mol. The first kappa shape index (κ1) is 17.8. The van der Waals surface area contributed by atoms with E-state index in [1.54, 1.807) is 35.5 Å². The van der Waals surface area contributed by atoms with Crippen LogP contribution in [0.5, 0.6) is 5.88 Å². The molecule has 2 heterocycles. The average molecular weight is 381 g/mol. The molecule has 0 spiro atoms. The quantitative estimate of drug-likeness (QED) is 0.815. The standard InChI is InChI=1S/C17H18Cl2N4O2/c1-22(2)15-8-20-9-16(21-15)25-12-5-6-23(10-12)17(24)13-7-11(18)3-4-14(13)19/h3-4,7-9,12H,5-6,10H2,1-2H3. The molecule has 1 unspecified atom stereocenters. The van der Waals surface area contributed by atoms with Crippen LogP contribution in [0.2, 0.25) is 10.0 Å². The van der Waals surface area contributed by atoms with Gasteiger partial charge in [-0.1, -0.05) is 23.2 Å². The van der Waals surface area contributed by atoms with Gasteiger partial charge in [0.05, 0.1) is 29.5 Å². The summed E-state index contributed by atoms with van der Waals surface area (Å²) in [5.74, 6) is 1.02. The van der Waals surface area contributed by atoms with Gasteiger partial charge in [0.15, 0.2) is 5.82 Å². The molecule has 0 saturated carbocycles. The Labute approximate surface area is 156 Å². The Balaban J connectivity index is 1.66. The average Bonchev–Trinajstić information content (AvgIpc) is 3.05. The molecule has 0 radical (unpaired) electrons. The Kier molecular flexibility index (Phi) is 5.30. The van der Waals surface area contributed by atoms with Crippen molar-refractivity contribution in [2.75, 3.05) is 32.1 Å². The van der Waals surface area contributed by atoms with Crippen molar-refractivity contribution in [1.29, 1.82) is 0 Å². The summed E-state index contributed by atoms with van der Waals surface area (Å²) in [5, 5.41) is 0.874. The minimum atomic E-state index is -0.147. The van der Waals surface area contributed by atoms with E-state index in [-0.39, 0.29) is 12.0 Å². The van der Waals surface area contributed by atoms with Gasteiger partial charge >= 0.3 is 0 Å². The molecule has 1 fully saturated rings. The SMILES string of the molecule is CN(C)c1cncc(OC2CCN(C(=O)c3cc(Cl)ccc3Cl)C2)n1. The highest BCUT2D eigenvalue weighted by molar-refractivity contribution is 6.35. The molecule has 1 amide bonds. The van der Waals surface area contributed by atoms with Crippen molar-refractivity contribution in [2.45, 2.75) is 12.5 Å². The van der Waals surface area contributed by atoms with Crippen LogP contribution in [0, 0.1) is 0 Å². The van der Waals surface area contributed by atoms with Crippen LogP contribution in [-0.2, 0) is 0 Å². The summed E-state index contributed by atoms with van der Waals surface area (Å²) in [4.78, 5) is 24.7. The Hall–Kier alpha value is -2.05. The highest BCUT2D eigenvalue weighted by Gasteiger charge is 2.29. The maximum atomic E-state index is 12.7. The summed E-state index contributed by atoms with van der Waals surface area (Å²) in [7, 11) is 3.77. The van der Waals surface area contributed by atoms with E-state index in [4.69, 9.17) is 27.9 Å². The van der Waals surface area contributed by atoms with Gasteiger partial charge in [0.25, 0.3) is 5.91 Å². The van der Waals surface area contributed by atoms with Gasteiger partial charge in [-0.15, -0.1) is 0 Å². The smallest absolute Gasteiger partial charge is 0.255 e. The molecule has 2 aromatic rings. The van der Waals surface area contributed by atoms with E-state index in [0.717, 1.165) is 6.42 Å².